The zero-order chi connectivity index (χ0) is 10.2. The molecule has 4 N–H and O–H groups in total. The zero-order valence-electron chi connectivity index (χ0n) is 8.11. The minimum atomic E-state index is 0.577. The Labute approximate surface area is 83.7 Å². The average molecular weight is 196 g/mol. The highest BCUT2D eigenvalue weighted by Crippen LogP contribution is 2.05. The molecular formula is C10H16N2O2. The lowest BCUT2D eigenvalue weighted by molar-refractivity contribution is -0.382. The second kappa shape index (κ2) is 6.50. The summed E-state index contributed by atoms with van der Waals surface area (Å²) in [6.45, 7) is 2.71. The molecule has 0 atom stereocenters. The molecule has 0 saturated carbocycles. The summed E-state index contributed by atoms with van der Waals surface area (Å²) in [6.07, 6.45) is 0. The van der Waals surface area contributed by atoms with E-state index < -0.39 is 0 Å². The van der Waals surface area contributed by atoms with Gasteiger partial charge in [0.25, 0.3) is 0 Å². The number of nitrogens with two attached hydrogens (primary N) is 2. The Bertz CT molecular complexity index is 235. The molecule has 4 nitrogen and oxygen atoms in total. The predicted molar refractivity (Wildman–Crippen MR) is 54.1 cm³/mol. The Balaban J connectivity index is 0.000000203. The molecule has 78 valence electrons. The molecule has 1 aromatic rings. The molecule has 0 amide bonds. The highest BCUT2D eigenvalue weighted by molar-refractivity contribution is 5.26. The second-order valence-electron chi connectivity index (χ2n) is 2.82. The average Bonchev–Trinajstić information content (AvgIpc) is 2.15. The van der Waals surface area contributed by atoms with Crippen LogP contribution in [0, 0.1) is 0 Å². The van der Waals surface area contributed by atoms with Crippen molar-refractivity contribution in [1.82, 2.24) is 0 Å². The van der Waals surface area contributed by atoms with Crippen molar-refractivity contribution in [2.75, 3.05) is 13.2 Å². The monoisotopic (exact) mass is 196 g/mol. The molecule has 14 heavy (non-hydrogen) atoms. The number of hydrogen-bond acceptors (Lipinski definition) is 4. The van der Waals surface area contributed by atoms with Crippen molar-refractivity contribution in [3.8, 4) is 0 Å². The first-order chi connectivity index (χ1) is 6.88. The molecular weight excluding hydrogens is 180 g/mol. The quantitative estimate of drug-likeness (QED) is 0.678. The normalized spacial score (nSPS) is 13.9. The fraction of sp³-hybridized carbons (Fsp3) is 0.400. The topological polar surface area (TPSA) is 70.5 Å². The van der Waals surface area contributed by atoms with Crippen molar-refractivity contribution in [3.63, 3.8) is 0 Å². The molecule has 1 aromatic carbocycles. The third kappa shape index (κ3) is 3.43. The maximum absolute atomic E-state index is 5.47. The summed E-state index contributed by atoms with van der Waals surface area (Å²) in [5.41, 5.74) is 13.2. The number of rotatable bonds is 2. The van der Waals surface area contributed by atoms with Crippen LogP contribution in [0.4, 0.5) is 0 Å². The van der Waals surface area contributed by atoms with E-state index in [1.54, 1.807) is 0 Å². The van der Waals surface area contributed by atoms with Gasteiger partial charge in [0, 0.05) is 13.1 Å². The Morgan fingerprint density at radius 3 is 1.50 bits per heavy atom. The van der Waals surface area contributed by atoms with Crippen LogP contribution in [-0.4, -0.2) is 13.2 Å². The third-order valence-corrected chi connectivity index (χ3v) is 1.89. The summed E-state index contributed by atoms with van der Waals surface area (Å²) in [6, 6.07) is 7.95. The van der Waals surface area contributed by atoms with Crippen molar-refractivity contribution in [2.24, 2.45) is 11.5 Å². The summed E-state index contributed by atoms with van der Waals surface area (Å²) in [5.74, 6) is 0. The van der Waals surface area contributed by atoms with Gasteiger partial charge < -0.3 is 11.5 Å². The van der Waals surface area contributed by atoms with Crippen LogP contribution in [0.15, 0.2) is 24.3 Å². The lowest BCUT2D eigenvalue weighted by Crippen LogP contribution is -2.14. The van der Waals surface area contributed by atoms with Crippen molar-refractivity contribution in [3.05, 3.63) is 35.4 Å². The fourth-order valence-corrected chi connectivity index (χ4v) is 1.04. The highest BCUT2D eigenvalue weighted by atomic mass is 17.2. The molecule has 0 radical (unpaired) electrons. The summed E-state index contributed by atoms with van der Waals surface area (Å²) < 4.78 is 0. The van der Waals surface area contributed by atoms with Crippen LogP contribution >= 0.6 is 0 Å². The van der Waals surface area contributed by atoms with E-state index in [-0.39, 0.29) is 0 Å². The van der Waals surface area contributed by atoms with Gasteiger partial charge in [-0.2, -0.15) is 0 Å². The smallest absolute Gasteiger partial charge is 0.109 e. The van der Waals surface area contributed by atoms with Crippen molar-refractivity contribution >= 4 is 0 Å². The first-order valence-electron chi connectivity index (χ1n) is 4.59. The Morgan fingerprint density at radius 2 is 1.29 bits per heavy atom. The first-order valence-corrected chi connectivity index (χ1v) is 4.59. The largest absolute Gasteiger partial charge is 0.326 e. The minimum absolute atomic E-state index is 0.577. The van der Waals surface area contributed by atoms with E-state index in [1.807, 2.05) is 24.3 Å². The standard InChI is InChI=1S/C8H12N2.C2H4O2/c9-5-7-3-1-2-4-8(7)6-10;1-2-4-3-1/h1-4H,5-6,9-10H2;1-2H2. The third-order valence-electron chi connectivity index (χ3n) is 1.89. The van der Waals surface area contributed by atoms with E-state index in [4.69, 9.17) is 11.5 Å². The van der Waals surface area contributed by atoms with Gasteiger partial charge in [0.05, 0.1) is 0 Å². The molecule has 0 bridgehead atoms. The SMILES string of the molecule is C1COO1.NCc1ccccc1CN. The molecule has 2 rings (SSSR count). The van der Waals surface area contributed by atoms with E-state index in [1.165, 1.54) is 0 Å². The predicted octanol–water partition coefficient (Wildman–Crippen LogP) is 0.552. The summed E-state index contributed by atoms with van der Waals surface area (Å²) in [5, 5.41) is 0. The molecule has 0 spiro atoms. The van der Waals surface area contributed by atoms with Crippen LogP contribution in [0.2, 0.25) is 0 Å². The lowest BCUT2D eigenvalue weighted by Gasteiger charge is -2.08. The van der Waals surface area contributed by atoms with Crippen molar-refractivity contribution in [2.45, 2.75) is 13.1 Å². The molecule has 0 aliphatic carbocycles. The van der Waals surface area contributed by atoms with Crippen LogP contribution in [-0.2, 0) is 22.9 Å². The Hall–Kier alpha value is -0.940. The molecule has 1 heterocycles. The Kier molecular flexibility index (Phi) is 5.17. The van der Waals surface area contributed by atoms with Gasteiger partial charge in [0.15, 0.2) is 0 Å². The fourth-order valence-electron chi connectivity index (χ4n) is 1.04. The maximum Gasteiger partial charge on any atom is 0.109 e. The second-order valence-corrected chi connectivity index (χ2v) is 2.82. The minimum Gasteiger partial charge on any atom is -0.326 e. The van der Waals surface area contributed by atoms with Gasteiger partial charge in [-0.15, -0.1) is 0 Å². The van der Waals surface area contributed by atoms with Crippen LogP contribution in [0.1, 0.15) is 11.1 Å². The van der Waals surface area contributed by atoms with Gasteiger partial charge >= 0.3 is 0 Å². The number of hydrogen-bond donors (Lipinski definition) is 2. The highest BCUT2D eigenvalue weighted by Gasteiger charge is 1.95. The molecule has 1 fully saturated rings. The molecule has 4 heteroatoms. The molecule has 0 aromatic heterocycles. The van der Waals surface area contributed by atoms with Crippen LogP contribution in [0.5, 0.6) is 0 Å². The molecule has 1 aliphatic rings. The first kappa shape index (κ1) is 11.1. The van der Waals surface area contributed by atoms with Gasteiger partial charge in [0.2, 0.25) is 0 Å². The van der Waals surface area contributed by atoms with Crippen LogP contribution < -0.4 is 11.5 Å². The van der Waals surface area contributed by atoms with Crippen molar-refractivity contribution < 1.29 is 9.78 Å². The van der Waals surface area contributed by atoms with Gasteiger partial charge in [-0.3, -0.25) is 0 Å². The summed E-state index contributed by atoms with van der Waals surface area (Å²) >= 11 is 0. The van der Waals surface area contributed by atoms with Crippen LogP contribution in [0.3, 0.4) is 0 Å². The van der Waals surface area contributed by atoms with E-state index in [0.29, 0.717) is 13.1 Å². The van der Waals surface area contributed by atoms with Crippen molar-refractivity contribution in [1.29, 1.82) is 0 Å². The van der Waals surface area contributed by atoms with E-state index in [0.717, 1.165) is 24.3 Å². The summed E-state index contributed by atoms with van der Waals surface area (Å²) in [4.78, 5) is 8.44. The molecule has 1 saturated heterocycles. The maximum atomic E-state index is 5.47. The van der Waals surface area contributed by atoms with E-state index in [2.05, 4.69) is 9.78 Å². The molecule has 0 unspecified atom stereocenters. The van der Waals surface area contributed by atoms with Gasteiger partial charge in [-0.25, -0.2) is 9.78 Å². The zero-order valence-corrected chi connectivity index (χ0v) is 8.11. The van der Waals surface area contributed by atoms with Gasteiger partial charge in [0.1, 0.15) is 13.2 Å². The van der Waals surface area contributed by atoms with E-state index in [9.17, 15) is 0 Å². The van der Waals surface area contributed by atoms with E-state index >= 15 is 0 Å². The summed E-state index contributed by atoms with van der Waals surface area (Å²) in [7, 11) is 0. The Morgan fingerprint density at radius 1 is 0.929 bits per heavy atom. The number of benzene rings is 1. The van der Waals surface area contributed by atoms with Gasteiger partial charge in [-0.1, -0.05) is 24.3 Å². The lowest BCUT2D eigenvalue weighted by atomic mass is 10.1. The van der Waals surface area contributed by atoms with Gasteiger partial charge in [-0.05, 0) is 11.1 Å². The van der Waals surface area contributed by atoms with Crippen LogP contribution in [0.25, 0.3) is 0 Å². The molecule has 1 aliphatic heterocycles.